The van der Waals surface area contributed by atoms with Crippen LogP contribution in [0, 0.1) is 22.7 Å². The third kappa shape index (κ3) is 2.32. The fourth-order valence-corrected chi connectivity index (χ4v) is 3.64. The van der Waals surface area contributed by atoms with E-state index in [-0.39, 0.29) is 17.0 Å². The summed E-state index contributed by atoms with van der Waals surface area (Å²) in [6, 6.07) is 0. The van der Waals surface area contributed by atoms with Gasteiger partial charge in [0.2, 0.25) is 0 Å². The number of carbonyl (C=O) groups is 1. The first-order valence-corrected chi connectivity index (χ1v) is 7.86. The van der Waals surface area contributed by atoms with Crippen LogP contribution in [0.4, 0.5) is 0 Å². The van der Waals surface area contributed by atoms with E-state index >= 15 is 0 Å². The number of hydrogen-bond acceptors (Lipinski definition) is 2. The number of ether oxygens (including phenoxy) is 1. The van der Waals surface area contributed by atoms with Crippen molar-refractivity contribution in [1.29, 1.82) is 0 Å². The van der Waals surface area contributed by atoms with Crippen molar-refractivity contribution < 1.29 is 9.53 Å². The van der Waals surface area contributed by atoms with E-state index in [4.69, 9.17) is 4.74 Å². The van der Waals surface area contributed by atoms with Crippen LogP contribution < -0.4 is 0 Å². The number of hydrogen-bond donors (Lipinski definition) is 0. The van der Waals surface area contributed by atoms with Crippen LogP contribution in [-0.4, -0.2) is 11.6 Å². The van der Waals surface area contributed by atoms with Gasteiger partial charge in [-0.1, -0.05) is 27.7 Å². The summed E-state index contributed by atoms with van der Waals surface area (Å²) in [6.45, 7) is 12.6. The van der Waals surface area contributed by atoms with Crippen molar-refractivity contribution in [2.75, 3.05) is 0 Å². The average molecular weight is 266 g/mol. The van der Waals surface area contributed by atoms with Crippen LogP contribution in [0.5, 0.6) is 0 Å². The van der Waals surface area contributed by atoms with Crippen molar-refractivity contribution in [2.45, 2.75) is 79.2 Å². The Bertz CT molecular complexity index is 364. The van der Waals surface area contributed by atoms with E-state index in [1.165, 1.54) is 19.3 Å². The normalized spacial score (nSPS) is 34.6. The molecule has 0 N–H and O–H groups in total. The zero-order valence-electron chi connectivity index (χ0n) is 13.5. The van der Waals surface area contributed by atoms with Gasteiger partial charge in [0.15, 0.2) is 0 Å². The second-order valence-electron chi connectivity index (χ2n) is 8.26. The zero-order chi connectivity index (χ0) is 14.5. The van der Waals surface area contributed by atoms with Crippen molar-refractivity contribution in [2.24, 2.45) is 22.7 Å². The number of esters is 1. The average Bonchev–Trinajstić information content (AvgIpc) is 2.87. The van der Waals surface area contributed by atoms with Crippen molar-refractivity contribution in [1.82, 2.24) is 0 Å². The molecule has 110 valence electrons. The molecular weight excluding hydrogens is 236 g/mol. The van der Waals surface area contributed by atoms with Crippen LogP contribution in [-0.2, 0) is 9.53 Å². The Kier molecular flexibility index (Phi) is 3.52. The van der Waals surface area contributed by atoms with E-state index in [2.05, 4.69) is 27.7 Å². The molecule has 2 saturated carbocycles. The topological polar surface area (TPSA) is 26.3 Å². The Labute approximate surface area is 118 Å². The predicted molar refractivity (Wildman–Crippen MR) is 77.8 cm³/mol. The molecule has 19 heavy (non-hydrogen) atoms. The van der Waals surface area contributed by atoms with E-state index < -0.39 is 5.41 Å². The molecule has 2 aliphatic carbocycles. The van der Waals surface area contributed by atoms with Crippen molar-refractivity contribution in [3.8, 4) is 0 Å². The minimum Gasteiger partial charge on any atom is -0.458 e. The standard InChI is InChI=1S/C17H30O2/c1-7-17(11-12-8-9-13(17)10-12)19-14(18)16(5,6)15(2,3)4/h12-13H,7-11H2,1-6H3. The van der Waals surface area contributed by atoms with Crippen LogP contribution >= 0.6 is 0 Å². The highest BCUT2D eigenvalue weighted by atomic mass is 16.6. The molecule has 2 aliphatic rings. The lowest BCUT2D eigenvalue weighted by Gasteiger charge is -2.42. The quantitative estimate of drug-likeness (QED) is 0.699. The lowest BCUT2D eigenvalue weighted by molar-refractivity contribution is -0.183. The molecule has 2 nitrogen and oxygen atoms in total. The molecule has 0 spiro atoms. The zero-order valence-corrected chi connectivity index (χ0v) is 13.5. The number of rotatable bonds is 3. The molecule has 2 fully saturated rings. The second-order valence-corrected chi connectivity index (χ2v) is 8.26. The molecular formula is C17H30O2. The summed E-state index contributed by atoms with van der Waals surface area (Å²) in [5.41, 5.74) is -0.657. The Morgan fingerprint density at radius 2 is 1.84 bits per heavy atom. The summed E-state index contributed by atoms with van der Waals surface area (Å²) >= 11 is 0. The molecule has 0 aromatic heterocycles. The Hall–Kier alpha value is -0.530. The van der Waals surface area contributed by atoms with Crippen LogP contribution in [0.15, 0.2) is 0 Å². The van der Waals surface area contributed by atoms with E-state index in [0.717, 1.165) is 18.8 Å². The van der Waals surface area contributed by atoms with Crippen LogP contribution in [0.3, 0.4) is 0 Å². The highest BCUT2D eigenvalue weighted by Crippen LogP contribution is 2.55. The molecule has 2 rings (SSSR count). The molecule has 2 heteroatoms. The first kappa shape index (κ1) is 14.9. The highest BCUT2D eigenvalue weighted by molar-refractivity contribution is 5.77. The summed E-state index contributed by atoms with van der Waals surface area (Å²) in [5.74, 6) is 1.41. The van der Waals surface area contributed by atoms with Gasteiger partial charge in [-0.15, -0.1) is 0 Å². The van der Waals surface area contributed by atoms with Crippen molar-refractivity contribution in [3.63, 3.8) is 0 Å². The highest BCUT2D eigenvalue weighted by Gasteiger charge is 2.54. The molecule has 0 amide bonds. The van der Waals surface area contributed by atoms with Gasteiger partial charge in [-0.2, -0.15) is 0 Å². The molecule has 0 saturated heterocycles. The monoisotopic (exact) mass is 266 g/mol. The van der Waals surface area contributed by atoms with Gasteiger partial charge in [0.25, 0.3) is 0 Å². The Morgan fingerprint density at radius 3 is 2.21 bits per heavy atom. The lowest BCUT2D eigenvalue weighted by atomic mass is 9.69. The summed E-state index contributed by atoms with van der Waals surface area (Å²) < 4.78 is 6.13. The minimum absolute atomic E-state index is 0.00519. The van der Waals surface area contributed by atoms with E-state index in [9.17, 15) is 4.79 Å². The van der Waals surface area contributed by atoms with E-state index in [0.29, 0.717) is 5.92 Å². The molecule has 0 radical (unpaired) electrons. The minimum atomic E-state index is -0.434. The van der Waals surface area contributed by atoms with Crippen molar-refractivity contribution >= 4 is 5.97 Å². The molecule has 0 heterocycles. The van der Waals surface area contributed by atoms with Crippen LogP contribution in [0.2, 0.25) is 0 Å². The van der Waals surface area contributed by atoms with E-state index in [1.807, 2.05) is 13.8 Å². The van der Waals surface area contributed by atoms with Gasteiger partial charge in [0.1, 0.15) is 5.60 Å². The molecule has 3 atom stereocenters. The number of carbonyl (C=O) groups excluding carboxylic acids is 1. The van der Waals surface area contributed by atoms with Crippen LogP contribution in [0.25, 0.3) is 0 Å². The predicted octanol–water partition coefficient (Wildman–Crippen LogP) is 4.57. The van der Waals surface area contributed by atoms with Crippen molar-refractivity contribution in [3.05, 3.63) is 0 Å². The maximum Gasteiger partial charge on any atom is 0.312 e. The summed E-state index contributed by atoms with van der Waals surface area (Å²) in [4.78, 5) is 12.7. The molecule has 0 aromatic carbocycles. The second kappa shape index (κ2) is 4.49. The van der Waals surface area contributed by atoms with Gasteiger partial charge in [-0.3, -0.25) is 4.79 Å². The smallest absolute Gasteiger partial charge is 0.312 e. The molecule has 2 bridgehead atoms. The van der Waals surface area contributed by atoms with E-state index in [1.54, 1.807) is 0 Å². The maximum absolute atomic E-state index is 12.7. The third-order valence-corrected chi connectivity index (χ3v) is 6.20. The van der Waals surface area contributed by atoms with Gasteiger partial charge in [0.05, 0.1) is 5.41 Å². The first-order valence-electron chi connectivity index (χ1n) is 7.86. The summed E-state index contributed by atoms with van der Waals surface area (Å²) in [5, 5.41) is 0. The van der Waals surface area contributed by atoms with Crippen LogP contribution in [0.1, 0.15) is 73.6 Å². The lowest BCUT2D eigenvalue weighted by Crippen LogP contribution is -2.47. The maximum atomic E-state index is 12.7. The van der Waals surface area contributed by atoms with Gasteiger partial charge < -0.3 is 4.74 Å². The van der Waals surface area contributed by atoms with Gasteiger partial charge in [-0.05, 0) is 63.2 Å². The molecule has 0 aromatic rings. The summed E-state index contributed by atoms with van der Waals surface area (Å²) in [7, 11) is 0. The largest absolute Gasteiger partial charge is 0.458 e. The van der Waals surface area contributed by atoms with Gasteiger partial charge >= 0.3 is 5.97 Å². The fraction of sp³-hybridized carbons (Fsp3) is 0.941. The Morgan fingerprint density at radius 1 is 1.21 bits per heavy atom. The number of fused-ring (bicyclic) bond motifs is 2. The summed E-state index contributed by atoms with van der Waals surface area (Å²) in [6.07, 6.45) is 5.94. The molecule has 0 aliphatic heterocycles. The first-order chi connectivity index (χ1) is 8.62. The SMILES string of the molecule is CCC1(OC(=O)C(C)(C)C(C)(C)C)CC2CCC1C2. The van der Waals surface area contributed by atoms with Gasteiger partial charge in [-0.25, -0.2) is 0 Å². The third-order valence-electron chi connectivity index (χ3n) is 6.20. The fourth-order valence-electron chi connectivity index (χ4n) is 3.64. The Balaban J connectivity index is 2.14. The molecule has 3 unspecified atom stereocenters. The van der Waals surface area contributed by atoms with Gasteiger partial charge in [0, 0.05) is 0 Å².